The van der Waals surface area contributed by atoms with Crippen LogP contribution in [0.25, 0.3) is 0 Å². The summed E-state index contributed by atoms with van der Waals surface area (Å²) in [5.41, 5.74) is 0.905. The van der Waals surface area contributed by atoms with Crippen molar-refractivity contribution < 1.29 is 5.11 Å². The van der Waals surface area contributed by atoms with Gasteiger partial charge in [0.1, 0.15) is 0 Å². The van der Waals surface area contributed by atoms with Crippen molar-refractivity contribution in [3.05, 3.63) is 33.8 Å². The number of benzene rings is 1. The molecule has 0 aliphatic heterocycles. The van der Waals surface area contributed by atoms with E-state index in [0.717, 1.165) is 12.1 Å². The summed E-state index contributed by atoms with van der Waals surface area (Å²) in [6.07, 6.45) is 0. The van der Waals surface area contributed by atoms with Crippen LogP contribution in [0.1, 0.15) is 12.5 Å². The number of aliphatic hydroxyl groups excluding tert-OH is 1. The number of nitrogens with zero attached hydrogens (tertiary/aromatic N) is 1. The zero-order valence-electron chi connectivity index (χ0n) is 10.2. The first-order valence-electron chi connectivity index (χ1n) is 5.74. The molecule has 1 aromatic rings. The van der Waals surface area contributed by atoms with Crippen molar-refractivity contribution in [3.63, 3.8) is 0 Å². The van der Waals surface area contributed by atoms with Gasteiger partial charge in [0.05, 0.1) is 13.2 Å². The van der Waals surface area contributed by atoms with E-state index in [2.05, 4.69) is 15.6 Å². The number of hydrogen-bond donors (Lipinski definition) is 3. The van der Waals surface area contributed by atoms with Crippen LogP contribution in [0.5, 0.6) is 0 Å². The molecule has 1 aromatic carbocycles. The Morgan fingerprint density at radius 3 is 2.72 bits per heavy atom. The highest BCUT2D eigenvalue weighted by atomic mass is 35.5. The van der Waals surface area contributed by atoms with Gasteiger partial charge < -0.3 is 15.7 Å². The van der Waals surface area contributed by atoms with Gasteiger partial charge in [-0.15, -0.1) is 0 Å². The average molecular weight is 290 g/mol. The fraction of sp³-hybridized carbons (Fsp3) is 0.417. The summed E-state index contributed by atoms with van der Waals surface area (Å²) in [6, 6.07) is 5.33. The molecule has 4 nitrogen and oxygen atoms in total. The maximum Gasteiger partial charge on any atom is 0.191 e. The molecule has 0 unspecified atom stereocenters. The Hall–Kier alpha value is -0.970. The summed E-state index contributed by atoms with van der Waals surface area (Å²) in [7, 11) is 0. The number of rotatable bonds is 5. The molecular weight excluding hydrogens is 273 g/mol. The quantitative estimate of drug-likeness (QED) is 0.574. The third kappa shape index (κ3) is 5.12. The minimum Gasteiger partial charge on any atom is -0.395 e. The SMILES string of the molecule is CCNC(=NCc1ccc(Cl)cc1Cl)NCCO. The number of aliphatic hydroxyl groups is 1. The van der Waals surface area contributed by atoms with E-state index in [9.17, 15) is 0 Å². The Kier molecular flexibility index (Phi) is 6.86. The Morgan fingerprint density at radius 2 is 2.11 bits per heavy atom. The highest BCUT2D eigenvalue weighted by molar-refractivity contribution is 6.35. The second-order valence-electron chi connectivity index (χ2n) is 3.58. The van der Waals surface area contributed by atoms with Crippen molar-refractivity contribution >= 4 is 29.2 Å². The highest BCUT2D eigenvalue weighted by Gasteiger charge is 2.01. The Labute approximate surface area is 117 Å². The lowest BCUT2D eigenvalue weighted by Crippen LogP contribution is -2.38. The zero-order valence-corrected chi connectivity index (χ0v) is 11.7. The van der Waals surface area contributed by atoms with Crippen molar-refractivity contribution in [2.24, 2.45) is 4.99 Å². The zero-order chi connectivity index (χ0) is 13.4. The summed E-state index contributed by atoms with van der Waals surface area (Å²) in [4.78, 5) is 4.37. The highest BCUT2D eigenvalue weighted by Crippen LogP contribution is 2.21. The number of halogens is 2. The smallest absolute Gasteiger partial charge is 0.191 e. The van der Waals surface area contributed by atoms with Crippen LogP contribution in [0.15, 0.2) is 23.2 Å². The Bertz CT molecular complexity index is 410. The van der Waals surface area contributed by atoms with E-state index in [-0.39, 0.29) is 6.61 Å². The third-order valence-electron chi connectivity index (χ3n) is 2.17. The molecule has 0 saturated carbocycles. The predicted octanol–water partition coefficient (Wildman–Crippen LogP) is 2.04. The molecule has 0 saturated heterocycles. The van der Waals surface area contributed by atoms with Crippen LogP contribution >= 0.6 is 23.2 Å². The summed E-state index contributed by atoms with van der Waals surface area (Å²) in [5, 5.41) is 16.0. The molecule has 0 aromatic heterocycles. The average Bonchev–Trinajstić information content (AvgIpc) is 2.34. The predicted molar refractivity (Wildman–Crippen MR) is 76.4 cm³/mol. The molecule has 0 aliphatic rings. The van der Waals surface area contributed by atoms with Gasteiger partial charge in [0.25, 0.3) is 0 Å². The lowest BCUT2D eigenvalue weighted by molar-refractivity contribution is 0.300. The topological polar surface area (TPSA) is 56.7 Å². The molecule has 0 spiro atoms. The van der Waals surface area contributed by atoms with Crippen LogP contribution in [0.2, 0.25) is 10.0 Å². The largest absolute Gasteiger partial charge is 0.395 e. The van der Waals surface area contributed by atoms with Crippen LogP contribution < -0.4 is 10.6 Å². The van der Waals surface area contributed by atoms with Crippen molar-refractivity contribution in [2.75, 3.05) is 19.7 Å². The van der Waals surface area contributed by atoms with E-state index in [4.69, 9.17) is 28.3 Å². The second kappa shape index (κ2) is 8.19. The molecule has 0 aliphatic carbocycles. The van der Waals surface area contributed by atoms with Crippen LogP contribution in [0, 0.1) is 0 Å². The number of hydrogen-bond acceptors (Lipinski definition) is 2. The molecule has 0 radical (unpaired) electrons. The maximum absolute atomic E-state index is 8.76. The van der Waals surface area contributed by atoms with E-state index in [1.54, 1.807) is 12.1 Å². The Balaban J connectivity index is 2.68. The standard InChI is InChI=1S/C12H17Cl2N3O/c1-2-15-12(16-5-6-18)17-8-9-3-4-10(13)7-11(9)14/h3-4,7,18H,2,5-6,8H2,1H3,(H2,15,16,17). The first-order valence-corrected chi connectivity index (χ1v) is 6.50. The van der Waals surface area contributed by atoms with Gasteiger partial charge in [0.15, 0.2) is 5.96 Å². The number of nitrogens with one attached hydrogen (secondary N) is 2. The van der Waals surface area contributed by atoms with Crippen molar-refractivity contribution in [3.8, 4) is 0 Å². The summed E-state index contributed by atoms with van der Waals surface area (Å²) in [6.45, 7) is 3.71. The van der Waals surface area contributed by atoms with Gasteiger partial charge in [0, 0.05) is 23.1 Å². The molecule has 1 rings (SSSR count). The van der Waals surface area contributed by atoms with E-state index in [0.29, 0.717) is 29.1 Å². The maximum atomic E-state index is 8.76. The fourth-order valence-electron chi connectivity index (χ4n) is 1.33. The fourth-order valence-corrected chi connectivity index (χ4v) is 1.80. The van der Waals surface area contributed by atoms with E-state index in [1.807, 2.05) is 13.0 Å². The summed E-state index contributed by atoms with van der Waals surface area (Å²) >= 11 is 11.9. The van der Waals surface area contributed by atoms with Crippen LogP contribution in [0.3, 0.4) is 0 Å². The van der Waals surface area contributed by atoms with Crippen LogP contribution in [0.4, 0.5) is 0 Å². The van der Waals surface area contributed by atoms with Crippen LogP contribution in [-0.4, -0.2) is 30.8 Å². The van der Waals surface area contributed by atoms with E-state index in [1.165, 1.54) is 0 Å². The summed E-state index contributed by atoms with van der Waals surface area (Å²) in [5.74, 6) is 0.651. The molecule has 6 heteroatoms. The summed E-state index contributed by atoms with van der Waals surface area (Å²) < 4.78 is 0. The number of guanidine groups is 1. The monoisotopic (exact) mass is 289 g/mol. The van der Waals surface area contributed by atoms with Crippen molar-refractivity contribution in [2.45, 2.75) is 13.5 Å². The molecule has 0 fully saturated rings. The third-order valence-corrected chi connectivity index (χ3v) is 2.76. The molecular formula is C12H17Cl2N3O. The van der Waals surface area contributed by atoms with Crippen molar-refractivity contribution in [1.29, 1.82) is 0 Å². The van der Waals surface area contributed by atoms with Gasteiger partial charge >= 0.3 is 0 Å². The first kappa shape index (κ1) is 15.1. The van der Waals surface area contributed by atoms with Gasteiger partial charge in [-0.25, -0.2) is 4.99 Å². The van der Waals surface area contributed by atoms with Gasteiger partial charge in [0.2, 0.25) is 0 Å². The lowest BCUT2D eigenvalue weighted by Gasteiger charge is -2.10. The lowest BCUT2D eigenvalue weighted by atomic mass is 10.2. The minimum atomic E-state index is 0.0616. The van der Waals surface area contributed by atoms with Gasteiger partial charge in [-0.05, 0) is 24.6 Å². The Morgan fingerprint density at radius 1 is 1.33 bits per heavy atom. The van der Waals surface area contributed by atoms with Gasteiger partial charge in [-0.2, -0.15) is 0 Å². The minimum absolute atomic E-state index is 0.0616. The first-order chi connectivity index (χ1) is 8.67. The second-order valence-corrected chi connectivity index (χ2v) is 4.42. The van der Waals surface area contributed by atoms with E-state index >= 15 is 0 Å². The molecule has 0 amide bonds. The molecule has 0 atom stereocenters. The van der Waals surface area contributed by atoms with Gasteiger partial charge in [-0.1, -0.05) is 29.3 Å². The molecule has 0 bridgehead atoms. The molecule has 0 heterocycles. The molecule has 18 heavy (non-hydrogen) atoms. The molecule has 3 N–H and O–H groups in total. The van der Waals surface area contributed by atoms with E-state index < -0.39 is 0 Å². The van der Waals surface area contributed by atoms with Gasteiger partial charge in [-0.3, -0.25) is 0 Å². The normalized spacial score (nSPS) is 11.4. The van der Waals surface area contributed by atoms with Crippen molar-refractivity contribution in [1.82, 2.24) is 10.6 Å². The van der Waals surface area contributed by atoms with Crippen LogP contribution in [-0.2, 0) is 6.54 Å². The molecule has 100 valence electrons. The number of aliphatic imine (C=N–C) groups is 1.